The minimum absolute atomic E-state index is 0.0863. The van der Waals surface area contributed by atoms with Crippen molar-refractivity contribution in [1.29, 1.82) is 0 Å². The lowest BCUT2D eigenvalue weighted by Crippen LogP contribution is -2.35. The Morgan fingerprint density at radius 2 is 2.18 bits per heavy atom. The van der Waals surface area contributed by atoms with Crippen LogP contribution in [0.25, 0.3) is 0 Å². The SMILES string of the molecule is CC(C)(C)NCc1nccn1Cc1ccno1. The van der Waals surface area contributed by atoms with Gasteiger partial charge in [-0.25, -0.2) is 4.98 Å². The van der Waals surface area contributed by atoms with Crippen LogP contribution in [0.1, 0.15) is 32.4 Å². The predicted octanol–water partition coefficient (Wildman–Crippen LogP) is 1.81. The highest BCUT2D eigenvalue weighted by Crippen LogP contribution is 2.06. The highest BCUT2D eigenvalue weighted by Gasteiger charge is 2.11. The molecule has 2 aromatic rings. The molecule has 0 saturated carbocycles. The van der Waals surface area contributed by atoms with Gasteiger partial charge in [0.05, 0.1) is 19.3 Å². The first-order chi connectivity index (χ1) is 8.04. The summed E-state index contributed by atoms with van der Waals surface area (Å²) in [6.45, 7) is 7.82. The van der Waals surface area contributed by atoms with Gasteiger partial charge < -0.3 is 14.4 Å². The minimum Gasteiger partial charge on any atom is -0.359 e. The van der Waals surface area contributed by atoms with Crippen LogP contribution in [0.2, 0.25) is 0 Å². The second-order valence-electron chi connectivity index (χ2n) is 5.05. The van der Waals surface area contributed by atoms with Crippen LogP contribution in [0.5, 0.6) is 0 Å². The van der Waals surface area contributed by atoms with Crippen molar-refractivity contribution in [2.45, 2.75) is 39.4 Å². The molecule has 92 valence electrons. The lowest BCUT2D eigenvalue weighted by atomic mass is 10.1. The molecule has 0 bridgehead atoms. The fourth-order valence-corrected chi connectivity index (χ4v) is 1.49. The molecule has 0 aliphatic heterocycles. The molecule has 0 fully saturated rings. The van der Waals surface area contributed by atoms with Crippen LogP contribution in [-0.2, 0) is 13.1 Å². The first-order valence-electron chi connectivity index (χ1n) is 5.69. The molecule has 2 heterocycles. The molecule has 0 spiro atoms. The molecule has 0 aliphatic rings. The molecule has 0 aromatic carbocycles. The van der Waals surface area contributed by atoms with Crippen molar-refractivity contribution in [2.75, 3.05) is 0 Å². The zero-order chi connectivity index (χ0) is 12.3. The molecule has 0 saturated heterocycles. The van der Waals surface area contributed by atoms with Gasteiger partial charge in [-0.05, 0) is 20.8 Å². The summed E-state index contributed by atoms with van der Waals surface area (Å²) in [7, 11) is 0. The molecule has 2 aromatic heterocycles. The Kier molecular flexibility index (Phi) is 3.28. The second kappa shape index (κ2) is 4.71. The van der Waals surface area contributed by atoms with Crippen LogP contribution in [0.3, 0.4) is 0 Å². The van der Waals surface area contributed by atoms with Crippen molar-refractivity contribution in [3.8, 4) is 0 Å². The Bertz CT molecular complexity index is 453. The van der Waals surface area contributed by atoms with E-state index in [2.05, 4.69) is 40.8 Å². The van der Waals surface area contributed by atoms with E-state index in [0.29, 0.717) is 6.54 Å². The number of imidazole rings is 1. The molecule has 0 radical (unpaired) electrons. The Morgan fingerprint density at radius 3 is 2.82 bits per heavy atom. The van der Waals surface area contributed by atoms with E-state index in [1.807, 2.05) is 12.3 Å². The Hall–Kier alpha value is -1.62. The van der Waals surface area contributed by atoms with Gasteiger partial charge in [0.2, 0.25) is 0 Å². The predicted molar refractivity (Wildman–Crippen MR) is 64.4 cm³/mol. The van der Waals surface area contributed by atoms with Crippen LogP contribution in [0.4, 0.5) is 0 Å². The fourth-order valence-electron chi connectivity index (χ4n) is 1.49. The van der Waals surface area contributed by atoms with E-state index in [0.717, 1.165) is 18.1 Å². The zero-order valence-electron chi connectivity index (χ0n) is 10.5. The summed E-state index contributed by atoms with van der Waals surface area (Å²) in [5.41, 5.74) is 0.0863. The summed E-state index contributed by atoms with van der Waals surface area (Å²) < 4.78 is 7.14. The Balaban J connectivity index is 2.02. The van der Waals surface area contributed by atoms with Gasteiger partial charge in [0.1, 0.15) is 5.82 Å². The number of hydrogen-bond acceptors (Lipinski definition) is 4. The van der Waals surface area contributed by atoms with E-state index in [-0.39, 0.29) is 5.54 Å². The van der Waals surface area contributed by atoms with Crippen LogP contribution in [0, 0.1) is 0 Å². The van der Waals surface area contributed by atoms with Crippen LogP contribution in [0.15, 0.2) is 29.2 Å². The van der Waals surface area contributed by atoms with Gasteiger partial charge in [-0.1, -0.05) is 5.16 Å². The highest BCUT2D eigenvalue weighted by atomic mass is 16.5. The summed E-state index contributed by atoms with van der Waals surface area (Å²) >= 11 is 0. The number of nitrogens with one attached hydrogen (secondary N) is 1. The van der Waals surface area contributed by atoms with Crippen molar-refractivity contribution >= 4 is 0 Å². The lowest BCUT2D eigenvalue weighted by molar-refractivity contribution is 0.371. The van der Waals surface area contributed by atoms with Crippen molar-refractivity contribution < 1.29 is 4.52 Å². The zero-order valence-corrected chi connectivity index (χ0v) is 10.5. The van der Waals surface area contributed by atoms with Crippen LogP contribution < -0.4 is 5.32 Å². The summed E-state index contributed by atoms with van der Waals surface area (Å²) in [6, 6.07) is 1.86. The van der Waals surface area contributed by atoms with Gasteiger partial charge in [-0.3, -0.25) is 0 Å². The summed E-state index contributed by atoms with van der Waals surface area (Å²) in [5.74, 6) is 1.83. The van der Waals surface area contributed by atoms with Gasteiger partial charge in [-0.2, -0.15) is 0 Å². The molecule has 5 heteroatoms. The standard InChI is InChI=1S/C12H18N4O/c1-12(2,3)14-8-11-13-6-7-16(11)9-10-4-5-15-17-10/h4-7,14H,8-9H2,1-3H3. The number of rotatable bonds is 4. The molecular weight excluding hydrogens is 216 g/mol. The van der Waals surface area contributed by atoms with E-state index < -0.39 is 0 Å². The molecule has 0 aliphatic carbocycles. The van der Waals surface area contributed by atoms with E-state index in [1.54, 1.807) is 12.4 Å². The minimum atomic E-state index is 0.0863. The molecule has 5 nitrogen and oxygen atoms in total. The van der Waals surface area contributed by atoms with Crippen molar-refractivity contribution in [3.63, 3.8) is 0 Å². The maximum atomic E-state index is 5.09. The Morgan fingerprint density at radius 1 is 1.35 bits per heavy atom. The lowest BCUT2D eigenvalue weighted by Gasteiger charge is -2.20. The molecule has 1 N–H and O–H groups in total. The van der Waals surface area contributed by atoms with Crippen LogP contribution in [-0.4, -0.2) is 20.2 Å². The summed E-state index contributed by atoms with van der Waals surface area (Å²) in [6.07, 6.45) is 5.40. The van der Waals surface area contributed by atoms with Gasteiger partial charge >= 0.3 is 0 Å². The maximum Gasteiger partial charge on any atom is 0.156 e. The smallest absolute Gasteiger partial charge is 0.156 e. The quantitative estimate of drug-likeness (QED) is 0.876. The van der Waals surface area contributed by atoms with Crippen molar-refractivity contribution in [3.05, 3.63) is 36.2 Å². The fraction of sp³-hybridized carbons (Fsp3) is 0.500. The largest absolute Gasteiger partial charge is 0.359 e. The molecule has 0 amide bonds. The van der Waals surface area contributed by atoms with Crippen molar-refractivity contribution in [1.82, 2.24) is 20.0 Å². The van der Waals surface area contributed by atoms with Gasteiger partial charge in [0, 0.05) is 24.0 Å². The second-order valence-corrected chi connectivity index (χ2v) is 5.05. The molecule has 0 unspecified atom stereocenters. The Labute approximate surface area is 101 Å². The third-order valence-corrected chi connectivity index (χ3v) is 2.40. The van der Waals surface area contributed by atoms with Gasteiger partial charge in [0.15, 0.2) is 5.76 Å². The monoisotopic (exact) mass is 234 g/mol. The van der Waals surface area contributed by atoms with Gasteiger partial charge in [-0.15, -0.1) is 0 Å². The molecule has 0 atom stereocenters. The number of hydrogen-bond donors (Lipinski definition) is 1. The molecule has 2 rings (SSSR count). The van der Waals surface area contributed by atoms with E-state index in [4.69, 9.17) is 4.52 Å². The van der Waals surface area contributed by atoms with E-state index in [9.17, 15) is 0 Å². The third-order valence-electron chi connectivity index (χ3n) is 2.40. The first-order valence-corrected chi connectivity index (χ1v) is 5.69. The average molecular weight is 234 g/mol. The summed E-state index contributed by atoms with van der Waals surface area (Å²) in [5, 5.41) is 7.11. The molecular formula is C12H18N4O. The normalized spacial score (nSPS) is 11.9. The first kappa shape index (κ1) is 11.9. The van der Waals surface area contributed by atoms with Crippen molar-refractivity contribution in [2.24, 2.45) is 0 Å². The summed E-state index contributed by atoms with van der Waals surface area (Å²) in [4.78, 5) is 4.34. The number of nitrogens with zero attached hydrogens (tertiary/aromatic N) is 3. The maximum absolute atomic E-state index is 5.09. The highest BCUT2D eigenvalue weighted by molar-refractivity contribution is 5.00. The van der Waals surface area contributed by atoms with Crippen LogP contribution >= 0.6 is 0 Å². The average Bonchev–Trinajstić information content (AvgIpc) is 2.86. The number of aromatic nitrogens is 3. The third kappa shape index (κ3) is 3.42. The van der Waals surface area contributed by atoms with E-state index in [1.165, 1.54) is 0 Å². The molecule has 17 heavy (non-hydrogen) atoms. The topological polar surface area (TPSA) is 55.9 Å². The van der Waals surface area contributed by atoms with Gasteiger partial charge in [0.25, 0.3) is 0 Å². The van der Waals surface area contributed by atoms with E-state index >= 15 is 0 Å².